The summed E-state index contributed by atoms with van der Waals surface area (Å²) in [5.41, 5.74) is -0.516. The summed E-state index contributed by atoms with van der Waals surface area (Å²) in [6.45, 7) is 9.50. The Labute approximate surface area is 210 Å². The van der Waals surface area contributed by atoms with Crippen LogP contribution in [0, 0.1) is 5.82 Å². The summed E-state index contributed by atoms with van der Waals surface area (Å²) < 4.78 is 26.5. The molecular weight excluding hydrogens is 475 g/mol. The molecular formula is C24H34ClFN6O3. The molecule has 0 bridgehead atoms. The standard InChI is InChI=1S/C24H34ClFN6O3/c1-14-17(9-11-32(14)23(33)35-24(2,3)4)31(6)21-16-12-27-20(25)18(26)19(16)28-22(29-21)34-13-15-8-7-10-30(15)5/h12,14-15,17H,7-11,13H2,1-6H3/t14-,15?,17?/m1/s1. The van der Waals surface area contributed by atoms with Crippen LogP contribution in [0.15, 0.2) is 6.20 Å². The van der Waals surface area contributed by atoms with Gasteiger partial charge < -0.3 is 24.2 Å². The van der Waals surface area contributed by atoms with Crippen molar-refractivity contribution in [2.75, 3.05) is 38.7 Å². The van der Waals surface area contributed by atoms with Gasteiger partial charge in [-0.1, -0.05) is 11.6 Å². The first-order chi connectivity index (χ1) is 16.5. The lowest BCUT2D eigenvalue weighted by Gasteiger charge is -2.33. The van der Waals surface area contributed by atoms with Crippen LogP contribution < -0.4 is 9.64 Å². The van der Waals surface area contributed by atoms with Gasteiger partial charge in [-0.3, -0.25) is 0 Å². The third kappa shape index (κ3) is 5.38. The van der Waals surface area contributed by atoms with Crippen LogP contribution in [0.1, 0.15) is 47.0 Å². The van der Waals surface area contributed by atoms with Crippen LogP contribution >= 0.6 is 11.6 Å². The quantitative estimate of drug-likeness (QED) is 0.557. The minimum absolute atomic E-state index is 0.0614. The molecule has 9 nitrogen and oxygen atoms in total. The minimum atomic E-state index is -0.709. The summed E-state index contributed by atoms with van der Waals surface area (Å²) in [6.07, 6.45) is 3.97. The van der Waals surface area contributed by atoms with Crippen molar-refractivity contribution in [3.8, 4) is 6.01 Å². The molecule has 0 aromatic carbocycles. The van der Waals surface area contributed by atoms with E-state index in [0.717, 1.165) is 19.4 Å². The monoisotopic (exact) mass is 508 g/mol. The molecule has 2 aromatic heterocycles. The third-order valence-corrected chi connectivity index (χ3v) is 7.11. The highest BCUT2D eigenvalue weighted by Crippen LogP contribution is 2.34. The Morgan fingerprint density at radius 1 is 1.29 bits per heavy atom. The summed E-state index contributed by atoms with van der Waals surface area (Å²) in [7, 11) is 3.94. The van der Waals surface area contributed by atoms with E-state index in [-0.39, 0.29) is 40.9 Å². The lowest BCUT2D eigenvalue weighted by Crippen LogP contribution is -2.45. The fraction of sp³-hybridized carbons (Fsp3) is 0.667. The normalized spacial score (nSPS) is 23.2. The van der Waals surface area contributed by atoms with E-state index < -0.39 is 11.4 Å². The van der Waals surface area contributed by atoms with E-state index in [1.807, 2.05) is 39.6 Å². The van der Waals surface area contributed by atoms with Gasteiger partial charge >= 0.3 is 12.1 Å². The summed E-state index contributed by atoms with van der Waals surface area (Å²) in [5, 5.41) is 0.180. The maximum atomic E-state index is 15.0. The Balaban J connectivity index is 1.63. The zero-order chi connectivity index (χ0) is 25.5. The van der Waals surface area contributed by atoms with Crippen molar-refractivity contribution in [3.05, 3.63) is 17.2 Å². The van der Waals surface area contributed by atoms with Crippen molar-refractivity contribution in [2.24, 2.45) is 0 Å². The number of aromatic nitrogens is 3. The fourth-order valence-electron chi connectivity index (χ4n) is 4.87. The average Bonchev–Trinajstić information content (AvgIpc) is 3.38. The van der Waals surface area contributed by atoms with E-state index in [2.05, 4.69) is 26.9 Å². The smallest absolute Gasteiger partial charge is 0.410 e. The Hall–Kier alpha value is -2.46. The first-order valence-electron chi connectivity index (χ1n) is 12.0. The van der Waals surface area contributed by atoms with Gasteiger partial charge in [0.05, 0.1) is 17.5 Å². The van der Waals surface area contributed by atoms with E-state index in [9.17, 15) is 9.18 Å². The average molecular weight is 509 g/mol. The van der Waals surface area contributed by atoms with E-state index in [1.54, 1.807) is 4.90 Å². The van der Waals surface area contributed by atoms with Crippen molar-refractivity contribution in [3.63, 3.8) is 0 Å². The van der Waals surface area contributed by atoms with Gasteiger partial charge in [0.15, 0.2) is 11.0 Å². The maximum Gasteiger partial charge on any atom is 0.410 e. The van der Waals surface area contributed by atoms with Crippen LogP contribution in [0.25, 0.3) is 10.9 Å². The van der Waals surface area contributed by atoms with Crippen molar-refractivity contribution in [1.29, 1.82) is 0 Å². The van der Waals surface area contributed by atoms with Gasteiger partial charge in [-0.05, 0) is 60.5 Å². The molecule has 11 heteroatoms. The molecule has 2 aliphatic rings. The number of ether oxygens (including phenoxy) is 2. The number of likely N-dealkylation sites (N-methyl/N-ethyl adjacent to an activating group) is 2. The zero-order valence-corrected chi connectivity index (χ0v) is 22.0. The lowest BCUT2D eigenvalue weighted by molar-refractivity contribution is 0.0233. The second kappa shape index (κ2) is 9.89. The van der Waals surface area contributed by atoms with Crippen LogP contribution in [-0.2, 0) is 4.74 Å². The number of hydrogen-bond acceptors (Lipinski definition) is 8. The molecule has 0 saturated carbocycles. The summed E-state index contributed by atoms with van der Waals surface area (Å²) in [4.78, 5) is 31.6. The zero-order valence-electron chi connectivity index (χ0n) is 21.2. The number of pyridine rings is 1. The van der Waals surface area contributed by atoms with Gasteiger partial charge in [0.2, 0.25) is 0 Å². The number of carbonyl (C=O) groups excluding carboxylic acids is 1. The van der Waals surface area contributed by atoms with Gasteiger partial charge in [0, 0.05) is 25.8 Å². The van der Waals surface area contributed by atoms with Gasteiger partial charge in [0.25, 0.3) is 0 Å². The van der Waals surface area contributed by atoms with Gasteiger partial charge in [0.1, 0.15) is 23.5 Å². The molecule has 3 atom stereocenters. The van der Waals surface area contributed by atoms with Gasteiger partial charge in [-0.2, -0.15) is 9.97 Å². The van der Waals surface area contributed by atoms with E-state index >= 15 is 0 Å². The summed E-state index contributed by atoms with van der Waals surface area (Å²) >= 11 is 5.96. The molecule has 192 valence electrons. The van der Waals surface area contributed by atoms with Crippen molar-refractivity contribution in [2.45, 2.75) is 70.7 Å². The number of amides is 1. The highest BCUT2D eigenvalue weighted by molar-refractivity contribution is 6.30. The number of likely N-dealkylation sites (tertiary alicyclic amines) is 2. The van der Waals surface area contributed by atoms with Crippen molar-refractivity contribution >= 4 is 34.4 Å². The van der Waals surface area contributed by atoms with Crippen LogP contribution in [0.4, 0.5) is 15.0 Å². The lowest BCUT2D eigenvalue weighted by atomic mass is 10.1. The first kappa shape index (κ1) is 25.6. The van der Waals surface area contributed by atoms with Crippen LogP contribution in [-0.4, -0.2) is 88.4 Å². The predicted octanol–water partition coefficient (Wildman–Crippen LogP) is 4.12. The highest BCUT2D eigenvalue weighted by atomic mass is 35.5. The summed E-state index contributed by atoms with van der Waals surface area (Å²) in [5.74, 6) is -0.227. The van der Waals surface area contributed by atoms with Gasteiger partial charge in [-0.25, -0.2) is 14.2 Å². The molecule has 2 saturated heterocycles. The Morgan fingerprint density at radius 3 is 2.69 bits per heavy atom. The van der Waals surface area contributed by atoms with Crippen molar-refractivity contribution < 1.29 is 18.7 Å². The SMILES string of the molecule is C[C@@H]1C(N(C)c2nc(OCC3CCCN3C)nc3c(F)c(Cl)ncc23)CCN1C(=O)OC(C)(C)C. The predicted molar refractivity (Wildman–Crippen MR) is 133 cm³/mol. The largest absolute Gasteiger partial charge is 0.462 e. The summed E-state index contributed by atoms with van der Waals surface area (Å²) in [6, 6.07) is 0.128. The topological polar surface area (TPSA) is 83.9 Å². The van der Waals surface area contributed by atoms with Crippen LogP contribution in [0.3, 0.4) is 0 Å². The molecule has 4 rings (SSSR count). The van der Waals surface area contributed by atoms with E-state index in [4.69, 9.17) is 21.1 Å². The molecule has 0 aliphatic carbocycles. The maximum absolute atomic E-state index is 15.0. The fourth-order valence-corrected chi connectivity index (χ4v) is 5.01. The Bertz CT molecular complexity index is 1100. The second-order valence-corrected chi connectivity index (χ2v) is 10.8. The molecule has 2 unspecified atom stereocenters. The molecule has 2 fully saturated rings. The first-order valence-corrected chi connectivity index (χ1v) is 12.4. The molecule has 35 heavy (non-hydrogen) atoms. The number of fused-ring (bicyclic) bond motifs is 1. The Morgan fingerprint density at radius 2 is 2.03 bits per heavy atom. The molecule has 0 spiro atoms. The number of nitrogens with zero attached hydrogens (tertiary/aromatic N) is 6. The highest BCUT2D eigenvalue weighted by Gasteiger charge is 2.39. The second-order valence-electron chi connectivity index (χ2n) is 10.4. The number of hydrogen-bond donors (Lipinski definition) is 0. The van der Waals surface area contributed by atoms with E-state index in [0.29, 0.717) is 30.8 Å². The van der Waals surface area contributed by atoms with Crippen LogP contribution in [0.2, 0.25) is 5.15 Å². The molecule has 2 aliphatic heterocycles. The minimum Gasteiger partial charge on any atom is -0.462 e. The molecule has 2 aromatic rings. The Kier molecular flexibility index (Phi) is 7.24. The number of anilines is 1. The molecule has 1 amide bonds. The van der Waals surface area contributed by atoms with Gasteiger partial charge in [-0.15, -0.1) is 0 Å². The molecule has 4 heterocycles. The molecule has 0 N–H and O–H groups in total. The number of carbonyl (C=O) groups is 1. The molecule has 0 radical (unpaired) electrons. The number of halogens is 2. The van der Waals surface area contributed by atoms with Crippen molar-refractivity contribution in [1.82, 2.24) is 24.8 Å². The third-order valence-electron chi connectivity index (χ3n) is 6.85. The number of rotatable bonds is 5. The van der Waals surface area contributed by atoms with Crippen LogP contribution in [0.5, 0.6) is 6.01 Å². The van der Waals surface area contributed by atoms with E-state index in [1.165, 1.54) is 6.20 Å².